The number of rotatable bonds is 4. The first kappa shape index (κ1) is 14.3. The Bertz CT molecular complexity index is 553. The van der Waals surface area contributed by atoms with Gasteiger partial charge in [0, 0.05) is 43.7 Å². The average molecular weight is 287 g/mol. The Hall–Kier alpha value is -1.69. The van der Waals surface area contributed by atoms with E-state index in [4.69, 9.17) is 0 Å². The van der Waals surface area contributed by atoms with Gasteiger partial charge in [0.15, 0.2) is 0 Å². The lowest BCUT2D eigenvalue weighted by atomic mass is 9.94. The summed E-state index contributed by atoms with van der Waals surface area (Å²) in [4.78, 5) is 6.28. The lowest BCUT2D eigenvalue weighted by molar-refractivity contribution is -0.00443. The maximum atomic E-state index is 9.97. The summed E-state index contributed by atoms with van der Waals surface area (Å²) in [5.74, 6) is 0.0323. The zero-order chi connectivity index (χ0) is 14.7. The fourth-order valence-corrected chi connectivity index (χ4v) is 2.85. The topological polar surface area (TPSA) is 61.5 Å². The predicted molar refractivity (Wildman–Crippen MR) is 80.0 cm³/mol. The van der Waals surface area contributed by atoms with Crippen molar-refractivity contribution in [2.75, 3.05) is 19.7 Å². The minimum Gasteiger partial charge on any atom is -0.396 e. The Morgan fingerprint density at radius 3 is 2.67 bits per heavy atom. The monoisotopic (exact) mass is 287 g/mol. The van der Waals surface area contributed by atoms with Gasteiger partial charge in [0.05, 0.1) is 12.4 Å². The molecular weight excluding hydrogens is 266 g/mol. The van der Waals surface area contributed by atoms with Crippen LogP contribution in [0.25, 0.3) is 5.69 Å². The highest BCUT2D eigenvalue weighted by molar-refractivity contribution is 5.34. The zero-order valence-corrected chi connectivity index (χ0v) is 12.0. The molecule has 1 fully saturated rings. The number of aromatic nitrogens is 2. The molecule has 1 aliphatic heterocycles. The SMILES string of the molecule is OC[C@H]1CCN(Cc2ccc(-n3ccnc3)cc2)C[C@@H]1O. The van der Waals surface area contributed by atoms with Crippen molar-refractivity contribution in [2.45, 2.75) is 19.1 Å². The van der Waals surface area contributed by atoms with Crippen molar-refractivity contribution >= 4 is 0 Å². The number of piperidine rings is 1. The van der Waals surface area contributed by atoms with Crippen LogP contribution in [0, 0.1) is 5.92 Å². The van der Waals surface area contributed by atoms with Crippen LogP contribution in [0.3, 0.4) is 0 Å². The van der Waals surface area contributed by atoms with Gasteiger partial charge in [0.25, 0.3) is 0 Å². The van der Waals surface area contributed by atoms with Gasteiger partial charge in [-0.2, -0.15) is 0 Å². The largest absolute Gasteiger partial charge is 0.396 e. The molecule has 0 unspecified atom stereocenters. The van der Waals surface area contributed by atoms with Crippen molar-refractivity contribution in [2.24, 2.45) is 5.92 Å². The lowest BCUT2D eigenvalue weighted by Gasteiger charge is -2.35. The van der Waals surface area contributed by atoms with Crippen molar-refractivity contribution in [1.82, 2.24) is 14.5 Å². The first-order valence-corrected chi connectivity index (χ1v) is 7.35. The van der Waals surface area contributed by atoms with E-state index in [1.54, 1.807) is 12.5 Å². The second-order valence-electron chi connectivity index (χ2n) is 5.67. The van der Waals surface area contributed by atoms with Gasteiger partial charge in [-0.25, -0.2) is 4.98 Å². The van der Waals surface area contributed by atoms with Gasteiger partial charge in [-0.05, 0) is 30.7 Å². The molecule has 2 heterocycles. The number of hydrogen-bond donors (Lipinski definition) is 2. The molecule has 0 bridgehead atoms. The van der Waals surface area contributed by atoms with Crippen LogP contribution in [0.2, 0.25) is 0 Å². The molecule has 0 amide bonds. The van der Waals surface area contributed by atoms with Gasteiger partial charge in [-0.15, -0.1) is 0 Å². The second-order valence-corrected chi connectivity index (χ2v) is 5.67. The minimum atomic E-state index is -0.422. The molecule has 0 aliphatic carbocycles. The molecule has 1 aromatic heterocycles. The Labute approximate surface area is 124 Å². The molecule has 1 aliphatic rings. The van der Waals surface area contributed by atoms with Gasteiger partial charge in [0.1, 0.15) is 0 Å². The molecule has 1 aromatic carbocycles. The van der Waals surface area contributed by atoms with Gasteiger partial charge < -0.3 is 14.8 Å². The van der Waals surface area contributed by atoms with Gasteiger partial charge in [0.2, 0.25) is 0 Å². The molecule has 2 atom stereocenters. The van der Waals surface area contributed by atoms with Crippen molar-refractivity contribution in [3.8, 4) is 5.69 Å². The van der Waals surface area contributed by atoms with E-state index < -0.39 is 6.10 Å². The fourth-order valence-electron chi connectivity index (χ4n) is 2.85. The summed E-state index contributed by atoms with van der Waals surface area (Å²) in [5, 5.41) is 19.1. The third-order valence-electron chi connectivity index (χ3n) is 4.19. The molecule has 5 nitrogen and oxygen atoms in total. The zero-order valence-electron chi connectivity index (χ0n) is 12.0. The molecule has 2 N–H and O–H groups in total. The average Bonchev–Trinajstić information content (AvgIpc) is 3.02. The van der Waals surface area contributed by atoms with Crippen LogP contribution in [-0.2, 0) is 6.54 Å². The lowest BCUT2D eigenvalue weighted by Crippen LogP contribution is -2.44. The van der Waals surface area contributed by atoms with Crippen molar-refractivity contribution in [3.63, 3.8) is 0 Å². The second kappa shape index (κ2) is 6.39. The van der Waals surface area contributed by atoms with Crippen LogP contribution in [0.4, 0.5) is 0 Å². The molecular formula is C16H21N3O2. The minimum absolute atomic E-state index is 0.0323. The van der Waals surface area contributed by atoms with Crippen LogP contribution >= 0.6 is 0 Å². The van der Waals surface area contributed by atoms with Crippen LogP contribution in [0.5, 0.6) is 0 Å². The number of benzene rings is 1. The number of β-amino-alcohol motifs (C(OH)–C–C–N with tert-alkyl or cyclic N) is 1. The van der Waals surface area contributed by atoms with E-state index in [1.807, 2.05) is 10.8 Å². The molecule has 1 saturated heterocycles. The van der Waals surface area contributed by atoms with E-state index in [-0.39, 0.29) is 12.5 Å². The summed E-state index contributed by atoms with van der Waals surface area (Å²) in [6.45, 7) is 2.47. The molecule has 0 saturated carbocycles. The Balaban J connectivity index is 1.61. The highest BCUT2D eigenvalue weighted by Crippen LogP contribution is 2.19. The molecule has 3 rings (SSSR count). The molecule has 2 aromatic rings. The van der Waals surface area contributed by atoms with E-state index in [2.05, 4.69) is 34.1 Å². The molecule has 0 radical (unpaired) electrons. The number of imidazole rings is 1. The number of aliphatic hydroxyl groups excluding tert-OH is 2. The first-order valence-electron chi connectivity index (χ1n) is 7.35. The van der Waals surface area contributed by atoms with Gasteiger partial charge >= 0.3 is 0 Å². The number of hydrogen-bond acceptors (Lipinski definition) is 4. The summed E-state index contributed by atoms with van der Waals surface area (Å²) in [7, 11) is 0. The number of aliphatic hydroxyl groups is 2. The molecule has 21 heavy (non-hydrogen) atoms. The Morgan fingerprint density at radius 2 is 2.05 bits per heavy atom. The van der Waals surface area contributed by atoms with E-state index in [0.29, 0.717) is 6.54 Å². The van der Waals surface area contributed by atoms with E-state index >= 15 is 0 Å². The van der Waals surface area contributed by atoms with E-state index in [1.165, 1.54) is 5.56 Å². The van der Waals surface area contributed by atoms with Crippen LogP contribution in [0.1, 0.15) is 12.0 Å². The van der Waals surface area contributed by atoms with Crippen LogP contribution in [0.15, 0.2) is 43.0 Å². The normalized spacial score (nSPS) is 23.3. The predicted octanol–water partition coefficient (Wildman–Crippen LogP) is 1.05. The van der Waals surface area contributed by atoms with Crippen LogP contribution < -0.4 is 0 Å². The third-order valence-corrected chi connectivity index (χ3v) is 4.19. The van der Waals surface area contributed by atoms with E-state index in [0.717, 1.165) is 25.2 Å². The fraction of sp³-hybridized carbons (Fsp3) is 0.438. The summed E-state index contributed by atoms with van der Waals surface area (Å²) >= 11 is 0. The number of likely N-dealkylation sites (tertiary alicyclic amines) is 1. The summed E-state index contributed by atoms with van der Waals surface area (Å²) in [6, 6.07) is 8.38. The quantitative estimate of drug-likeness (QED) is 0.882. The highest BCUT2D eigenvalue weighted by atomic mass is 16.3. The molecule has 5 heteroatoms. The van der Waals surface area contributed by atoms with Crippen molar-refractivity contribution < 1.29 is 10.2 Å². The summed E-state index contributed by atoms with van der Waals surface area (Å²) in [5.41, 5.74) is 2.32. The van der Waals surface area contributed by atoms with Crippen molar-refractivity contribution in [3.05, 3.63) is 48.5 Å². The smallest absolute Gasteiger partial charge is 0.0991 e. The summed E-state index contributed by atoms with van der Waals surface area (Å²) in [6.07, 6.45) is 5.90. The molecule has 112 valence electrons. The third kappa shape index (κ3) is 3.32. The maximum absolute atomic E-state index is 9.97. The first-order chi connectivity index (χ1) is 10.3. The highest BCUT2D eigenvalue weighted by Gasteiger charge is 2.26. The standard InChI is InChI=1S/C16H21N3O2/c20-11-14-5-7-18(10-16(14)21)9-13-1-3-15(4-2-13)19-8-6-17-12-19/h1-4,6,8,12,14,16,20-21H,5,7,9-11H2/t14-,16+/m1/s1. The van der Waals surface area contributed by atoms with Crippen molar-refractivity contribution in [1.29, 1.82) is 0 Å². The molecule has 0 spiro atoms. The Morgan fingerprint density at radius 1 is 1.24 bits per heavy atom. The summed E-state index contributed by atoms with van der Waals surface area (Å²) < 4.78 is 1.97. The number of nitrogens with zero attached hydrogens (tertiary/aromatic N) is 3. The Kier molecular flexibility index (Phi) is 4.34. The van der Waals surface area contributed by atoms with Crippen LogP contribution in [-0.4, -0.2) is 50.5 Å². The van der Waals surface area contributed by atoms with Gasteiger partial charge in [-0.3, -0.25) is 4.90 Å². The maximum Gasteiger partial charge on any atom is 0.0991 e. The van der Waals surface area contributed by atoms with E-state index in [9.17, 15) is 10.2 Å². The van der Waals surface area contributed by atoms with Gasteiger partial charge in [-0.1, -0.05) is 12.1 Å².